The van der Waals surface area contributed by atoms with Crippen LogP contribution in [0.5, 0.6) is 0 Å². The first-order valence-electron chi connectivity index (χ1n) is 4.61. The molecular weight excluding hydrogens is 196 g/mol. The fraction of sp³-hybridized carbons (Fsp3) is 0.500. The molecule has 0 aliphatic heterocycles. The topological polar surface area (TPSA) is 26.9 Å². The minimum atomic E-state index is 0.0166. The molecule has 0 amide bonds. The van der Waals surface area contributed by atoms with E-state index in [1.807, 2.05) is 13.8 Å². The number of hydrogen-bond acceptors (Lipinski definition) is 2. The van der Waals surface area contributed by atoms with E-state index in [9.17, 15) is 4.79 Å². The molecule has 4 heteroatoms. The summed E-state index contributed by atoms with van der Waals surface area (Å²) in [5, 5.41) is 0. The maximum Gasteiger partial charge on any atom is 0.328 e. The molecule has 1 heterocycles. The summed E-state index contributed by atoms with van der Waals surface area (Å²) in [7, 11) is 0. The van der Waals surface area contributed by atoms with Crippen molar-refractivity contribution >= 4 is 12.6 Å². The van der Waals surface area contributed by atoms with E-state index < -0.39 is 0 Å². The zero-order valence-corrected chi connectivity index (χ0v) is 9.50. The number of rotatable bonds is 4. The summed E-state index contributed by atoms with van der Waals surface area (Å²) in [5.41, 5.74) is 0.958. The molecular formula is C10H16N2OS. The second-order valence-corrected chi connectivity index (χ2v) is 3.93. The van der Waals surface area contributed by atoms with E-state index in [0.29, 0.717) is 12.3 Å². The number of nitrogens with zero attached hydrogens (tertiary/aromatic N) is 2. The van der Waals surface area contributed by atoms with Crippen LogP contribution in [0.1, 0.15) is 19.9 Å². The quantitative estimate of drug-likeness (QED) is 0.597. The Labute approximate surface area is 89.5 Å². The fourth-order valence-electron chi connectivity index (χ4n) is 1.23. The SMILES string of the molecule is C=C(CS)Cn1ccn(C(C)C)c1=O. The fourth-order valence-corrected chi connectivity index (χ4v) is 1.33. The van der Waals surface area contributed by atoms with E-state index in [4.69, 9.17) is 0 Å². The van der Waals surface area contributed by atoms with Crippen LogP contribution in [0.15, 0.2) is 29.3 Å². The first-order valence-corrected chi connectivity index (χ1v) is 5.24. The van der Waals surface area contributed by atoms with Gasteiger partial charge in [0.15, 0.2) is 0 Å². The van der Waals surface area contributed by atoms with E-state index in [1.165, 1.54) is 0 Å². The van der Waals surface area contributed by atoms with Gasteiger partial charge in [0, 0.05) is 30.7 Å². The molecule has 0 aromatic carbocycles. The largest absolute Gasteiger partial charge is 0.328 e. The molecule has 1 aromatic heterocycles. The van der Waals surface area contributed by atoms with Gasteiger partial charge in [-0.2, -0.15) is 12.6 Å². The van der Waals surface area contributed by atoms with Crippen molar-refractivity contribution in [3.8, 4) is 0 Å². The van der Waals surface area contributed by atoms with E-state index in [1.54, 1.807) is 21.5 Å². The monoisotopic (exact) mass is 212 g/mol. The zero-order chi connectivity index (χ0) is 10.7. The van der Waals surface area contributed by atoms with Gasteiger partial charge in [-0.25, -0.2) is 4.79 Å². The van der Waals surface area contributed by atoms with Crippen molar-refractivity contribution in [3.63, 3.8) is 0 Å². The third-order valence-corrected chi connectivity index (χ3v) is 2.49. The Morgan fingerprint density at radius 1 is 1.57 bits per heavy atom. The van der Waals surface area contributed by atoms with Crippen molar-refractivity contribution in [2.24, 2.45) is 0 Å². The number of aromatic nitrogens is 2. The molecule has 1 rings (SSSR count). The average molecular weight is 212 g/mol. The van der Waals surface area contributed by atoms with E-state index in [0.717, 1.165) is 5.57 Å². The highest BCUT2D eigenvalue weighted by Crippen LogP contribution is 2.01. The summed E-state index contributed by atoms with van der Waals surface area (Å²) >= 11 is 4.11. The van der Waals surface area contributed by atoms with Crippen LogP contribution < -0.4 is 5.69 Å². The molecule has 14 heavy (non-hydrogen) atoms. The van der Waals surface area contributed by atoms with Gasteiger partial charge in [0.2, 0.25) is 0 Å². The number of imidazole rings is 1. The molecule has 0 bridgehead atoms. The normalized spacial score (nSPS) is 10.9. The maximum atomic E-state index is 11.7. The van der Waals surface area contributed by atoms with Crippen molar-refractivity contribution in [3.05, 3.63) is 35.0 Å². The predicted octanol–water partition coefficient (Wildman–Crippen LogP) is 1.72. The predicted molar refractivity (Wildman–Crippen MR) is 62.1 cm³/mol. The lowest BCUT2D eigenvalue weighted by Gasteiger charge is -2.05. The summed E-state index contributed by atoms with van der Waals surface area (Å²) in [4.78, 5) is 11.7. The first-order chi connectivity index (χ1) is 6.56. The van der Waals surface area contributed by atoms with Gasteiger partial charge in [-0.3, -0.25) is 9.13 Å². The molecule has 0 atom stereocenters. The average Bonchev–Trinajstić information content (AvgIpc) is 2.48. The van der Waals surface area contributed by atoms with Gasteiger partial charge in [0.25, 0.3) is 0 Å². The Hall–Kier alpha value is -0.900. The lowest BCUT2D eigenvalue weighted by atomic mass is 10.3. The van der Waals surface area contributed by atoms with Crippen LogP contribution in [0, 0.1) is 0 Å². The molecule has 0 saturated carbocycles. The van der Waals surface area contributed by atoms with E-state index >= 15 is 0 Å². The van der Waals surface area contributed by atoms with Gasteiger partial charge in [-0.1, -0.05) is 6.58 Å². The molecule has 0 fully saturated rings. The summed E-state index contributed by atoms with van der Waals surface area (Å²) < 4.78 is 3.35. The molecule has 0 spiro atoms. The van der Waals surface area contributed by atoms with Crippen molar-refractivity contribution in [2.45, 2.75) is 26.4 Å². The van der Waals surface area contributed by atoms with Crippen molar-refractivity contribution < 1.29 is 0 Å². The molecule has 1 aromatic rings. The Kier molecular flexibility index (Phi) is 3.63. The first kappa shape index (κ1) is 11.2. The third kappa shape index (κ3) is 2.32. The minimum absolute atomic E-state index is 0.0166. The Morgan fingerprint density at radius 3 is 2.64 bits per heavy atom. The lowest BCUT2D eigenvalue weighted by Crippen LogP contribution is -2.25. The Bertz CT molecular complexity index is 376. The summed E-state index contributed by atoms with van der Waals surface area (Å²) in [6, 6.07) is 0.202. The second-order valence-electron chi connectivity index (χ2n) is 3.62. The molecule has 0 radical (unpaired) electrons. The van der Waals surface area contributed by atoms with Gasteiger partial charge in [0.05, 0.1) is 0 Å². The van der Waals surface area contributed by atoms with Crippen molar-refractivity contribution in [2.75, 3.05) is 5.75 Å². The van der Waals surface area contributed by atoms with Crippen molar-refractivity contribution in [1.29, 1.82) is 0 Å². The molecule has 78 valence electrons. The number of thiol groups is 1. The summed E-state index contributed by atoms with van der Waals surface area (Å²) in [5.74, 6) is 0.610. The second kappa shape index (κ2) is 4.55. The Morgan fingerprint density at radius 2 is 2.21 bits per heavy atom. The third-order valence-electron chi connectivity index (χ3n) is 2.05. The minimum Gasteiger partial charge on any atom is -0.297 e. The van der Waals surface area contributed by atoms with Crippen LogP contribution in [-0.4, -0.2) is 14.9 Å². The lowest BCUT2D eigenvalue weighted by molar-refractivity contribution is 0.560. The van der Waals surface area contributed by atoms with Gasteiger partial charge >= 0.3 is 5.69 Å². The highest BCUT2D eigenvalue weighted by molar-refractivity contribution is 7.80. The highest BCUT2D eigenvalue weighted by Gasteiger charge is 2.05. The van der Waals surface area contributed by atoms with Crippen LogP contribution in [0.25, 0.3) is 0 Å². The molecule has 3 nitrogen and oxygen atoms in total. The molecule has 0 saturated heterocycles. The maximum absolute atomic E-state index is 11.7. The van der Waals surface area contributed by atoms with Crippen LogP contribution in [-0.2, 0) is 6.54 Å². The van der Waals surface area contributed by atoms with Gasteiger partial charge < -0.3 is 0 Å². The smallest absolute Gasteiger partial charge is 0.297 e. The van der Waals surface area contributed by atoms with Crippen LogP contribution >= 0.6 is 12.6 Å². The molecule has 0 unspecified atom stereocenters. The highest BCUT2D eigenvalue weighted by atomic mass is 32.1. The van der Waals surface area contributed by atoms with Gasteiger partial charge in [0.1, 0.15) is 0 Å². The summed E-state index contributed by atoms with van der Waals surface area (Å²) in [6.07, 6.45) is 3.59. The van der Waals surface area contributed by atoms with Crippen molar-refractivity contribution in [1.82, 2.24) is 9.13 Å². The van der Waals surface area contributed by atoms with Gasteiger partial charge in [-0.15, -0.1) is 0 Å². The molecule has 0 aliphatic rings. The van der Waals surface area contributed by atoms with Gasteiger partial charge in [-0.05, 0) is 19.4 Å². The van der Waals surface area contributed by atoms with E-state index in [-0.39, 0.29) is 11.7 Å². The molecule has 0 N–H and O–H groups in total. The zero-order valence-electron chi connectivity index (χ0n) is 8.60. The Balaban J connectivity index is 2.91. The molecule has 0 aliphatic carbocycles. The standard InChI is InChI=1S/C10H16N2OS/c1-8(2)12-5-4-11(10(12)13)6-9(3)7-14/h4-5,8,14H,3,6-7H2,1-2H3. The van der Waals surface area contributed by atoms with Crippen LogP contribution in [0.4, 0.5) is 0 Å². The van der Waals surface area contributed by atoms with Crippen LogP contribution in [0.2, 0.25) is 0 Å². The summed E-state index contributed by atoms with van der Waals surface area (Å²) in [6.45, 7) is 8.35. The van der Waals surface area contributed by atoms with E-state index in [2.05, 4.69) is 19.2 Å². The van der Waals surface area contributed by atoms with Crippen LogP contribution in [0.3, 0.4) is 0 Å². The number of hydrogen-bond donors (Lipinski definition) is 1.